The Kier molecular flexibility index (Phi) is 4.69. The Morgan fingerprint density at radius 3 is 2.31 bits per heavy atom. The number of benzene rings is 3. The van der Waals surface area contributed by atoms with Crippen LogP contribution in [0.2, 0.25) is 0 Å². The van der Waals surface area contributed by atoms with E-state index < -0.39 is 0 Å². The maximum Gasteiger partial charge on any atom is 0.260 e. The van der Waals surface area contributed by atoms with Crippen molar-refractivity contribution in [1.29, 1.82) is 0 Å². The molecule has 0 spiro atoms. The molecule has 1 aliphatic rings. The number of ether oxygens (including phenoxy) is 1. The molecule has 0 aromatic heterocycles. The van der Waals surface area contributed by atoms with Crippen LogP contribution in [0.5, 0.6) is 5.75 Å². The summed E-state index contributed by atoms with van der Waals surface area (Å²) in [6, 6.07) is 28.3. The summed E-state index contributed by atoms with van der Waals surface area (Å²) >= 11 is 0. The van der Waals surface area contributed by atoms with Crippen LogP contribution in [-0.2, 0) is 11.3 Å². The SMILES string of the molecule is O=C(COc1ccccc1)N1Cc2ccccc2[C@H](c2ccccc2)C1. The summed E-state index contributed by atoms with van der Waals surface area (Å²) in [4.78, 5) is 14.7. The third-order valence-electron chi connectivity index (χ3n) is 4.85. The highest BCUT2D eigenvalue weighted by Gasteiger charge is 2.29. The molecule has 0 unspecified atom stereocenters. The minimum atomic E-state index is 0.0179. The predicted molar refractivity (Wildman–Crippen MR) is 102 cm³/mol. The number of rotatable bonds is 4. The zero-order valence-electron chi connectivity index (χ0n) is 14.5. The zero-order valence-corrected chi connectivity index (χ0v) is 14.5. The van der Waals surface area contributed by atoms with Crippen LogP contribution in [0.1, 0.15) is 22.6 Å². The van der Waals surface area contributed by atoms with Crippen LogP contribution in [0.3, 0.4) is 0 Å². The lowest BCUT2D eigenvalue weighted by molar-refractivity contribution is -0.134. The van der Waals surface area contributed by atoms with Gasteiger partial charge < -0.3 is 9.64 Å². The van der Waals surface area contributed by atoms with Crippen molar-refractivity contribution >= 4 is 5.91 Å². The van der Waals surface area contributed by atoms with Crippen LogP contribution in [-0.4, -0.2) is 24.0 Å². The van der Waals surface area contributed by atoms with Gasteiger partial charge in [0, 0.05) is 19.0 Å². The van der Waals surface area contributed by atoms with E-state index in [9.17, 15) is 4.79 Å². The molecule has 3 heteroatoms. The van der Waals surface area contributed by atoms with E-state index in [1.54, 1.807) is 0 Å². The molecule has 1 atom stereocenters. The standard InChI is InChI=1S/C23H21NO2/c25-23(17-26-20-12-5-2-6-13-20)24-15-19-11-7-8-14-21(19)22(16-24)18-9-3-1-4-10-18/h1-14,22H,15-17H2/t22-/m0/s1. The summed E-state index contributed by atoms with van der Waals surface area (Å²) in [5.74, 6) is 0.934. The molecule has 26 heavy (non-hydrogen) atoms. The van der Waals surface area contributed by atoms with Crippen LogP contribution in [0, 0.1) is 0 Å². The smallest absolute Gasteiger partial charge is 0.260 e. The number of para-hydroxylation sites is 1. The van der Waals surface area contributed by atoms with Gasteiger partial charge in [-0.2, -0.15) is 0 Å². The number of hydrogen-bond donors (Lipinski definition) is 0. The van der Waals surface area contributed by atoms with Crippen LogP contribution < -0.4 is 4.74 Å². The molecule has 0 bridgehead atoms. The topological polar surface area (TPSA) is 29.5 Å². The predicted octanol–water partition coefficient (Wildman–Crippen LogP) is 4.24. The van der Waals surface area contributed by atoms with Crippen LogP contribution in [0.15, 0.2) is 84.9 Å². The molecule has 1 heterocycles. The Balaban J connectivity index is 1.54. The Morgan fingerprint density at radius 1 is 0.885 bits per heavy atom. The summed E-state index contributed by atoms with van der Waals surface area (Å²) in [5.41, 5.74) is 3.76. The van der Waals surface area contributed by atoms with E-state index in [4.69, 9.17) is 4.74 Å². The van der Waals surface area contributed by atoms with E-state index in [1.807, 2.05) is 47.4 Å². The molecule has 0 saturated carbocycles. The second kappa shape index (κ2) is 7.44. The Morgan fingerprint density at radius 2 is 1.54 bits per heavy atom. The number of nitrogens with zero attached hydrogens (tertiary/aromatic N) is 1. The first-order valence-electron chi connectivity index (χ1n) is 8.89. The molecule has 1 aliphatic heterocycles. The summed E-state index contributed by atoms with van der Waals surface area (Å²) in [5, 5.41) is 0. The maximum absolute atomic E-state index is 12.8. The quantitative estimate of drug-likeness (QED) is 0.709. The van der Waals surface area contributed by atoms with Gasteiger partial charge in [-0.15, -0.1) is 0 Å². The van der Waals surface area contributed by atoms with Gasteiger partial charge in [-0.1, -0.05) is 72.8 Å². The highest BCUT2D eigenvalue weighted by atomic mass is 16.5. The molecule has 130 valence electrons. The molecule has 0 radical (unpaired) electrons. The second-order valence-electron chi connectivity index (χ2n) is 6.54. The Hall–Kier alpha value is -3.07. The number of fused-ring (bicyclic) bond motifs is 1. The average molecular weight is 343 g/mol. The maximum atomic E-state index is 12.8. The van der Waals surface area contributed by atoms with E-state index in [-0.39, 0.29) is 18.4 Å². The minimum absolute atomic E-state index is 0.0179. The van der Waals surface area contributed by atoms with Crippen molar-refractivity contribution in [2.45, 2.75) is 12.5 Å². The third-order valence-corrected chi connectivity index (χ3v) is 4.85. The van der Waals surface area contributed by atoms with Gasteiger partial charge in [-0.25, -0.2) is 0 Å². The zero-order chi connectivity index (χ0) is 17.8. The first kappa shape index (κ1) is 16.4. The molecule has 0 fully saturated rings. The fourth-order valence-corrected chi connectivity index (χ4v) is 3.52. The number of carbonyl (C=O) groups excluding carboxylic acids is 1. The van der Waals surface area contributed by atoms with Gasteiger partial charge in [0.25, 0.3) is 5.91 Å². The second-order valence-corrected chi connectivity index (χ2v) is 6.54. The van der Waals surface area contributed by atoms with Gasteiger partial charge in [0.15, 0.2) is 6.61 Å². The van der Waals surface area contributed by atoms with Gasteiger partial charge in [0.1, 0.15) is 5.75 Å². The Labute approximate surface area is 153 Å². The number of hydrogen-bond acceptors (Lipinski definition) is 2. The van der Waals surface area contributed by atoms with Crippen molar-refractivity contribution in [3.05, 3.63) is 102 Å². The molecular weight excluding hydrogens is 322 g/mol. The van der Waals surface area contributed by atoms with Crippen molar-refractivity contribution in [3.63, 3.8) is 0 Å². The Bertz CT molecular complexity index is 877. The summed E-state index contributed by atoms with van der Waals surface area (Å²) in [7, 11) is 0. The van der Waals surface area contributed by atoms with Gasteiger partial charge in [-0.05, 0) is 28.8 Å². The number of carbonyl (C=O) groups is 1. The van der Waals surface area contributed by atoms with Crippen molar-refractivity contribution < 1.29 is 9.53 Å². The molecule has 0 aliphatic carbocycles. The highest BCUT2D eigenvalue weighted by molar-refractivity contribution is 5.78. The molecule has 3 aromatic carbocycles. The molecule has 1 amide bonds. The lowest BCUT2D eigenvalue weighted by Crippen LogP contribution is -2.41. The van der Waals surface area contributed by atoms with Crippen molar-refractivity contribution in [2.75, 3.05) is 13.2 Å². The summed E-state index contributed by atoms with van der Waals surface area (Å²) in [6.45, 7) is 1.38. The van der Waals surface area contributed by atoms with Crippen molar-refractivity contribution in [3.8, 4) is 5.75 Å². The number of amides is 1. The highest BCUT2D eigenvalue weighted by Crippen LogP contribution is 2.33. The van der Waals surface area contributed by atoms with E-state index in [1.165, 1.54) is 16.7 Å². The summed E-state index contributed by atoms with van der Waals surface area (Å²) < 4.78 is 5.66. The van der Waals surface area contributed by atoms with Crippen molar-refractivity contribution in [1.82, 2.24) is 4.90 Å². The van der Waals surface area contributed by atoms with E-state index in [2.05, 4.69) is 42.5 Å². The van der Waals surface area contributed by atoms with Gasteiger partial charge >= 0.3 is 0 Å². The largest absolute Gasteiger partial charge is 0.484 e. The van der Waals surface area contributed by atoms with E-state index in [0.29, 0.717) is 13.1 Å². The molecular formula is C23H21NO2. The van der Waals surface area contributed by atoms with E-state index in [0.717, 1.165) is 5.75 Å². The third kappa shape index (κ3) is 3.47. The lowest BCUT2D eigenvalue weighted by atomic mass is 9.84. The van der Waals surface area contributed by atoms with Gasteiger partial charge in [-0.3, -0.25) is 4.79 Å². The fourth-order valence-electron chi connectivity index (χ4n) is 3.52. The van der Waals surface area contributed by atoms with Crippen LogP contribution in [0.4, 0.5) is 0 Å². The molecule has 0 saturated heterocycles. The van der Waals surface area contributed by atoms with Gasteiger partial charge in [0.05, 0.1) is 0 Å². The molecule has 3 aromatic rings. The van der Waals surface area contributed by atoms with Crippen molar-refractivity contribution in [2.24, 2.45) is 0 Å². The molecule has 0 N–H and O–H groups in total. The molecule has 3 nitrogen and oxygen atoms in total. The fraction of sp³-hybridized carbons (Fsp3) is 0.174. The van der Waals surface area contributed by atoms with Crippen LogP contribution >= 0.6 is 0 Å². The van der Waals surface area contributed by atoms with Gasteiger partial charge in [0.2, 0.25) is 0 Å². The minimum Gasteiger partial charge on any atom is -0.484 e. The average Bonchev–Trinajstić information content (AvgIpc) is 2.72. The first-order chi connectivity index (χ1) is 12.8. The monoisotopic (exact) mass is 343 g/mol. The first-order valence-corrected chi connectivity index (χ1v) is 8.89. The molecule has 4 rings (SSSR count). The normalized spacial score (nSPS) is 16.0. The van der Waals surface area contributed by atoms with E-state index >= 15 is 0 Å². The summed E-state index contributed by atoms with van der Waals surface area (Å²) in [6.07, 6.45) is 0. The lowest BCUT2D eigenvalue weighted by Gasteiger charge is -2.35. The van der Waals surface area contributed by atoms with Crippen LogP contribution in [0.25, 0.3) is 0 Å².